The van der Waals surface area contributed by atoms with E-state index in [1.54, 1.807) is 36.1 Å². The molecule has 10 nitrogen and oxygen atoms in total. The molecule has 0 atom stereocenters. The van der Waals surface area contributed by atoms with Crippen molar-refractivity contribution in [2.45, 2.75) is 4.90 Å². The van der Waals surface area contributed by atoms with Crippen LogP contribution in [-0.4, -0.2) is 65.5 Å². The first-order valence-electron chi connectivity index (χ1n) is 9.52. The minimum atomic E-state index is -3.26. The fourth-order valence-corrected chi connectivity index (χ4v) is 4.45. The molecule has 160 valence electrons. The zero-order valence-corrected chi connectivity index (χ0v) is 18.2. The Morgan fingerprint density at radius 1 is 1.10 bits per heavy atom. The summed E-state index contributed by atoms with van der Waals surface area (Å²) in [7, 11) is -3.26. The number of hydrogen-bond acceptors (Lipinski definition) is 10. The number of rotatable bonds is 5. The molecule has 4 aromatic rings. The summed E-state index contributed by atoms with van der Waals surface area (Å²) in [6.07, 6.45) is 2.86. The number of thiazole rings is 1. The number of nitrogens with zero attached hydrogens (tertiary/aromatic N) is 6. The van der Waals surface area contributed by atoms with Crippen molar-refractivity contribution >= 4 is 49.8 Å². The van der Waals surface area contributed by atoms with Crippen LogP contribution < -0.4 is 10.2 Å². The average Bonchev–Trinajstić information content (AvgIpc) is 3.44. The molecule has 1 fully saturated rings. The lowest BCUT2D eigenvalue weighted by Gasteiger charge is -2.27. The normalized spacial score (nSPS) is 14.8. The van der Waals surface area contributed by atoms with E-state index >= 15 is 0 Å². The molecule has 31 heavy (non-hydrogen) atoms. The highest BCUT2D eigenvalue weighted by Crippen LogP contribution is 2.28. The van der Waals surface area contributed by atoms with Gasteiger partial charge in [-0.3, -0.25) is 4.57 Å². The van der Waals surface area contributed by atoms with Gasteiger partial charge in [-0.25, -0.2) is 18.4 Å². The Kier molecular flexibility index (Phi) is 5.04. The molecule has 1 aromatic carbocycles. The molecule has 0 bridgehead atoms. The van der Waals surface area contributed by atoms with E-state index in [-0.39, 0.29) is 4.90 Å². The number of hydrogen-bond donors (Lipinski definition) is 1. The molecule has 12 heteroatoms. The van der Waals surface area contributed by atoms with Crippen LogP contribution >= 0.6 is 11.3 Å². The highest BCUT2D eigenvalue weighted by Gasteiger charge is 2.20. The third-order valence-electron chi connectivity index (χ3n) is 4.89. The number of benzene rings is 1. The van der Waals surface area contributed by atoms with E-state index in [0.29, 0.717) is 54.9 Å². The van der Waals surface area contributed by atoms with Crippen molar-refractivity contribution in [2.75, 3.05) is 42.8 Å². The summed E-state index contributed by atoms with van der Waals surface area (Å²) in [6.45, 7) is 2.61. The number of ether oxygens (including phenoxy) is 1. The number of aromatic nitrogens is 5. The van der Waals surface area contributed by atoms with Crippen molar-refractivity contribution in [1.29, 1.82) is 0 Å². The topological polar surface area (TPSA) is 115 Å². The van der Waals surface area contributed by atoms with Crippen molar-refractivity contribution in [3.8, 4) is 5.82 Å². The van der Waals surface area contributed by atoms with Crippen LogP contribution in [-0.2, 0) is 14.6 Å². The fourth-order valence-electron chi connectivity index (χ4n) is 3.30. The van der Waals surface area contributed by atoms with Gasteiger partial charge in [-0.1, -0.05) is 0 Å². The number of anilines is 3. The third kappa shape index (κ3) is 3.96. The Morgan fingerprint density at radius 2 is 1.87 bits per heavy atom. The average molecular weight is 458 g/mol. The second-order valence-corrected chi connectivity index (χ2v) is 9.76. The monoisotopic (exact) mass is 457 g/mol. The van der Waals surface area contributed by atoms with Crippen molar-refractivity contribution in [3.05, 3.63) is 41.5 Å². The van der Waals surface area contributed by atoms with Crippen LogP contribution in [0.1, 0.15) is 0 Å². The highest BCUT2D eigenvalue weighted by molar-refractivity contribution is 7.90. The maximum Gasteiger partial charge on any atom is 0.229 e. The van der Waals surface area contributed by atoms with Gasteiger partial charge in [-0.2, -0.15) is 9.97 Å². The maximum atomic E-state index is 11.7. The predicted molar refractivity (Wildman–Crippen MR) is 118 cm³/mol. The van der Waals surface area contributed by atoms with E-state index in [1.165, 1.54) is 17.6 Å². The molecular weight excluding hydrogens is 438 g/mol. The number of fused-ring (bicyclic) bond motifs is 1. The first kappa shape index (κ1) is 19.8. The summed E-state index contributed by atoms with van der Waals surface area (Å²) in [5.41, 5.74) is 3.69. The zero-order chi connectivity index (χ0) is 21.4. The van der Waals surface area contributed by atoms with E-state index in [9.17, 15) is 8.42 Å². The molecule has 1 N–H and O–H groups in total. The van der Waals surface area contributed by atoms with E-state index < -0.39 is 9.84 Å². The summed E-state index contributed by atoms with van der Waals surface area (Å²) in [6, 6.07) is 6.53. The zero-order valence-electron chi connectivity index (χ0n) is 16.6. The second kappa shape index (κ2) is 7.87. The summed E-state index contributed by atoms with van der Waals surface area (Å²) in [5.74, 6) is 1.85. The second-order valence-electron chi connectivity index (χ2n) is 7.03. The number of sulfone groups is 1. The SMILES string of the molecule is CS(=O)(=O)c1ccc(Nc2nc(N3CCOCC3)nc3c2ncn3-c2cscn2)cc1. The summed E-state index contributed by atoms with van der Waals surface area (Å²) < 4.78 is 30.8. The molecule has 0 saturated carbocycles. The third-order valence-corrected chi connectivity index (χ3v) is 6.59. The molecule has 0 unspecified atom stereocenters. The van der Waals surface area contributed by atoms with Crippen molar-refractivity contribution in [3.63, 3.8) is 0 Å². The molecule has 0 spiro atoms. The Labute approximate surface area is 182 Å². The Balaban J connectivity index is 1.59. The molecule has 1 saturated heterocycles. The van der Waals surface area contributed by atoms with Crippen LogP contribution in [0.5, 0.6) is 0 Å². The molecule has 1 aliphatic rings. The molecule has 3 aromatic heterocycles. The minimum Gasteiger partial charge on any atom is -0.378 e. The molecule has 0 radical (unpaired) electrons. The van der Waals surface area contributed by atoms with Crippen LogP contribution in [0, 0.1) is 0 Å². The Hall–Kier alpha value is -3.09. The van der Waals surface area contributed by atoms with Gasteiger partial charge in [0.25, 0.3) is 0 Å². The van der Waals surface area contributed by atoms with Gasteiger partial charge in [0, 0.05) is 30.4 Å². The lowest BCUT2D eigenvalue weighted by atomic mass is 10.3. The summed E-state index contributed by atoms with van der Waals surface area (Å²) in [4.78, 5) is 20.7. The predicted octanol–water partition coefficient (Wildman–Crippen LogP) is 2.26. The van der Waals surface area contributed by atoms with E-state index in [0.717, 1.165) is 5.82 Å². The van der Waals surface area contributed by atoms with Crippen molar-refractivity contribution in [2.24, 2.45) is 0 Å². The van der Waals surface area contributed by atoms with Crippen LogP contribution in [0.3, 0.4) is 0 Å². The van der Waals surface area contributed by atoms with E-state index in [1.807, 2.05) is 9.95 Å². The van der Waals surface area contributed by atoms with Gasteiger partial charge in [0.1, 0.15) is 6.33 Å². The van der Waals surface area contributed by atoms with Gasteiger partial charge >= 0.3 is 0 Å². The standard InChI is InChI=1S/C19H19N7O3S2/c1-31(27,28)14-4-2-13(3-5-14)22-17-16-18(26(11-20-16)15-10-30-12-21-15)24-19(23-17)25-6-8-29-9-7-25/h2-5,10-12H,6-9H2,1H3,(H,22,23,24). The lowest BCUT2D eigenvalue weighted by molar-refractivity contribution is 0.122. The summed E-state index contributed by atoms with van der Waals surface area (Å²) >= 11 is 1.49. The molecule has 5 rings (SSSR count). The Bertz CT molecular complexity index is 1310. The number of nitrogens with one attached hydrogen (secondary N) is 1. The lowest BCUT2D eigenvalue weighted by Crippen LogP contribution is -2.37. The van der Waals surface area contributed by atoms with Crippen LogP contribution in [0.4, 0.5) is 17.5 Å². The maximum absolute atomic E-state index is 11.7. The van der Waals surface area contributed by atoms with Gasteiger partial charge in [0.05, 0.1) is 23.6 Å². The van der Waals surface area contributed by atoms with Gasteiger partial charge in [-0.15, -0.1) is 11.3 Å². The fraction of sp³-hybridized carbons (Fsp3) is 0.263. The van der Waals surface area contributed by atoms with Gasteiger partial charge in [0.2, 0.25) is 5.95 Å². The molecule has 4 heterocycles. The largest absolute Gasteiger partial charge is 0.378 e. The van der Waals surface area contributed by atoms with Crippen LogP contribution in [0.25, 0.3) is 17.0 Å². The minimum absolute atomic E-state index is 0.257. The number of imidazole rings is 1. The number of morpholine rings is 1. The van der Waals surface area contributed by atoms with Gasteiger partial charge < -0.3 is 15.0 Å². The van der Waals surface area contributed by atoms with Crippen molar-refractivity contribution in [1.82, 2.24) is 24.5 Å². The van der Waals surface area contributed by atoms with Crippen LogP contribution in [0.2, 0.25) is 0 Å². The first-order chi connectivity index (χ1) is 15.0. The van der Waals surface area contributed by atoms with E-state index in [4.69, 9.17) is 14.7 Å². The van der Waals surface area contributed by atoms with E-state index in [2.05, 4.69) is 20.2 Å². The molecule has 0 aliphatic carbocycles. The van der Waals surface area contributed by atoms with Crippen LogP contribution in [0.15, 0.2) is 46.4 Å². The quantitative estimate of drug-likeness (QED) is 0.482. The van der Waals surface area contributed by atoms with Crippen molar-refractivity contribution < 1.29 is 13.2 Å². The molecule has 1 aliphatic heterocycles. The smallest absolute Gasteiger partial charge is 0.229 e. The Morgan fingerprint density at radius 3 is 2.55 bits per heavy atom. The molecular formula is C19H19N7O3S2. The van der Waals surface area contributed by atoms with Gasteiger partial charge in [0.15, 0.2) is 32.6 Å². The molecule has 0 amide bonds. The summed E-state index contributed by atoms with van der Waals surface area (Å²) in [5, 5.41) is 5.19. The van der Waals surface area contributed by atoms with Gasteiger partial charge in [-0.05, 0) is 24.3 Å². The first-order valence-corrected chi connectivity index (χ1v) is 12.4. The highest BCUT2D eigenvalue weighted by atomic mass is 32.2.